The summed E-state index contributed by atoms with van der Waals surface area (Å²) in [5.74, 6) is 0. The van der Waals surface area contributed by atoms with Crippen molar-refractivity contribution in [1.82, 2.24) is 20.0 Å². The average Bonchev–Trinajstić information content (AvgIpc) is 2.45. The van der Waals surface area contributed by atoms with Crippen LogP contribution in [0.1, 0.15) is 24.7 Å². The first-order chi connectivity index (χ1) is 8.09. The summed E-state index contributed by atoms with van der Waals surface area (Å²) in [6.07, 6.45) is 1.22. The van der Waals surface area contributed by atoms with E-state index in [9.17, 15) is 0 Å². The van der Waals surface area contributed by atoms with Crippen molar-refractivity contribution in [3.63, 3.8) is 0 Å². The second-order valence-electron chi connectivity index (χ2n) is 4.83. The minimum absolute atomic E-state index is 0.632. The SMILES string of the molecule is Cc1nn(C)c(CN2CCNCCC2C)c1Br. The number of aromatic nitrogens is 2. The van der Waals surface area contributed by atoms with E-state index in [4.69, 9.17) is 0 Å². The molecule has 17 heavy (non-hydrogen) atoms. The summed E-state index contributed by atoms with van der Waals surface area (Å²) < 4.78 is 3.15. The first-order valence-electron chi connectivity index (χ1n) is 6.22. The molecule has 0 aromatic carbocycles. The van der Waals surface area contributed by atoms with Gasteiger partial charge in [0.1, 0.15) is 0 Å². The second-order valence-corrected chi connectivity index (χ2v) is 5.62. The monoisotopic (exact) mass is 300 g/mol. The summed E-state index contributed by atoms with van der Waals surface area (Å²) in [6, 6.07) is 0.632. The standard InChI is InChI=1S/C12H21BrN4/c1-9-4-5-14-6-7-17(9)8-11-12(13)10(2)15-16(11)3/h9,14H,4-8H2,1-3H3. The van der Waals surface area contributed by atoms with Crippen molar-refractivity contribution >= 4 is 15.9 Å². The maximum atomic E-state index is 4.45. The zero-order valence-corrected chi connectivity index (χ0v) is 12.4. The highest BCUT2D eigenvalue weighted by molar-refractivity contribution is 9.10. The molecule has 2 heterocycles. The van der Waals surface area contributed by atoms with Crippen LogP contribution in [-0.2, 0) is 13.6 Å². The van der Waals surface area contributed by atoms with Gasteiger partial charge in [0.05, 0.1) is 15.9 Å². The Hall–Kier alpha value is -0.390. The lowest BCUT2D eigenvalue weighted by Gasteiger charge is -2.26. The molecule has 5 heteroatoms. The molecule has 0 aliphatic carbocycles. The van der Waals surface area contributed by atoms with Crippen LogP contribution in [0, 0.1) is 6.92 Å². The number of hydrogen-bond donors (Lipinski definition) is 1. The van der Waals surface area contributed by atoms with E-state index >= 15 is 0 Å². The molecule has 1 saturated heterocycles. The molecular formula is C12H21BrN4. The molecule has 1 atom stereocenters. The Labute approximate surface area is 111 Å². The summed E-state index contributed by atoms with van der Waals surface area (Å²) in [5.41, 5.74) is 2.35. The molecule has 2 rings (SSSR count). The highest BCUT2D eigenvalue weighted by Crippen LogP contribution is 2.22. The van der Waals surface area contributed by atoms with Gasteiger partial charge in [-0.15, -0.1) is 0 Å². The molecule has 1 aliphatic rings. The van der Waals surface area contributed by atoms with E-state index in [0.29, 0.717) is 6.04 Å². The Morgan fingerprint density at radius 1 is 1.47 bits per heavy atom. The summed E-state index contributed by atoms with van der Waals surface area (Å²) in [6.45, 7) is 8.64. The highest BCUT2D eigenvalue weighted by Gasteiger charge is 2.20. The molecule has 1 aromatic heterocycles. The molecule has 96 valence electrons. The van der Waals surface area contributed by atoms with Gasteiger partial charge in [-0.25, -0.2) is 0 Å². The fourth-order valence-corrected chi connectivity index (χ4v) is 2.80. The Bertz CT molecular complexity index is 388. The predicted molar refractivity (Wildman–Crippen MR) is 73.0 cm³/mol. The number of hydrogen-bond acceptors (Lipinski definition) is 3. The van der Waals surface area contributed by atoms with E-state index < -0.39 is 0 Å². The lowest BCUT2D eigenvalue weighted by Crippen LogP contribution is -2.34. The Morgan fingerprint density at radius 3 is 2.88 bits per heavy atom. The van der Waals surface area contributed by atoms with Gasteiger partial charge in [0.2, 0.25) is 0 Å². The minimum Gasteiger partial charge on any atom is -0.315 e. The van der Waals surface area contributed by atoms with Gasteiger partial charge in [-0.05, 0) is 42.7 Å². The number of nitrogens with one attached hydrogen (secondary N) is 1. The van der Waals surface area contributed by atoms with Crippen LogP contribution in [0.3, 0.4) is 0 Å². The molecule has 0 amide bonds. The zero-order chi connectivity index (χ0) is 12.4. The van der Waals surface area contributed by atoms with E-state index in [-0.39, 0.29) is 0 Å². The van der Waals surface area contributed by atoms with Gasteiger partial charge >= 0.3 is 0 Å². The molecule has 1 fully saturated rings. The number of halogens is 1. The van der Waals surface area contributed by atoms with Crippen molar-refractivity contribution in [2.75, 3.05) is 19.6 Å². The third-order valence-electron chi connectivity index (χ3n) is 3.55. The molecule has 4 nitrogen and oxygen atoms in total. The molecule has 0 bridgehead atoms. The van der Waals surface area contributed by atoms with E-state index in [2.05, 4.69) is 38.2 Å². The predicted octanol–water partition coefficient (Wildman–Crippen LogP) is 1.67. The summed E-state index contributed by atoms with van der Waals surface area (Å²) in [4.78, 5) is 2.53. The number of nitrogens with zero attached hydrogens (tertiary/aromatic N) is 3. The van der Waals surface area contributed by atoms with Crippen molar-refractivity contribution < 1.29 is 0 Å². The topological polar surface area (TPSA) is 33.1 Å². The van der Waals surface area contributed by atoms with Crippen molar-refractivity contribution in [2.24, 2.45) is 7.05 Å². The Balaban J connectivity index is 2.13. The van der Waals surface area contributed by atoms with Gasteiger partial charge in [0.25, 0.3) is 0 Å². The van der Waals surface area contributed by atoms with Crippen LogP contribution in [0.2, 0.25) is 0 Å². The number of aryl methyl sites for hydroxylation is 2. The van der Waals surface area contributed by atoms with E-state index in [1.807, 2.05) is 18.7 Å². The van der Waals surface area contributed by atoms with Crippen LogP contribution < -0.4 is 5.32 Å². The van der Waals surface area contributed by atoms with Crippen LogP contribution in [-0.4, -0.2) is 40.4 Å². The first-order valence-corrected chi connectivity index (χ1v) is 7.01. The smallest absolute Gasteiger partial charge is 0.0739 e. The van der Waals surface area contributed by atoms with Gasteiger partial charge < -0.3 is 5.32 Å². The molecule has 1 N–H and O–H groups in total. The number of rotatable bonds is 2. The molecule has 0 saturated carbocycles. The van der Waals surface area contributed by atoms with Crippen molar-refractivity contribution in [2.45, 2.75) is 32.9 Å². The average molecular weight is 301 g/mol. The van der Waals surface area contributed by atoms with Crippen LogP contribution in [0.25, 0.3) is 0 Å². The van der Waals surface area contributed by atoms with E-state index in [0.717, 1.165) is 36.3 Å². The minimum atomic E-state index is 0.632. The van der Waals surface area contributed by atoms with Crippen LogP contribution in [0.5, 0.6) is 0 Å². The van der Waals surface area contributed by atoms with E-state index in [1.165, 1.54) is 12.1 Å². The van der Waals surface area contributed by atoms with Crippen LogP contribution in [0.15, 0.2) is 4.47 Å². The van der Waals surface area contributed by atoms with Gasteiger partial charge in [-0.2, -0.15) is 5.10 Å². The molecule has 1 unspecified atom stereocenters. The lowest BCUT2D eigenvalue weighted by atomic mass is 10.2. The largest absolute Gasteiger partial charge is 0.315 e. The molecule has 0 radical (unpaired) electrons. The quantitative estimate of drug-likeness (QED) is 0.902. The van der Waals surface area contributed by atoms with Crippen molar-refractivity contribution in [3.8, 4) is 0 Å². The third-order valence-corrected chi connectivity index (χ3v) is 4.58. The Morgan fingerprint density at radius 2 is 2.24 bits per heavy atom. The van der Waals surface area contributed by atoms with Crippen LogP contribution in [0.4, 0.5) is 0 Å². The Kier molecular flexibility index (Phi) is 4.22. The molecule has 0 spiro atoms. The third kappa shape index (κ3) is 2.89. The molecule has 1 aliphatic heterocycles. The van der Waals surface area contributed by atoms with Gasteiger partial charge in [-0.3, -0.25) is 9.58 Å². The van der Waals surface area contributed by atoms with Gasteiger partial charge in [0, 0.05) is 32.7 Å². The summed E-state index contributed by atoms with van der Waals surface area (Å²) in [7, 11) is 2.02. The lowest BCUT2D eigenvalue weighted by molar-refractivity contribution is 0.206. The fraction of sp³-hybridized carbons (Fsp3) is 0.750. The molecule has 1 aromatic rings. The highest BCUT2D eigenvalue weighted by atomic mass is 79.9. The normalized spacial score (nSPS) is 22.7. The van der Waals surface area contributed by atoms with Crippen LogP contribution >= 0.6 is 15.9 Å². The summed E-state index contributed by atoms with van der Waals surface area (Å²) >= 11 is 3.64. The first kappa shape index (κ1) is 13.1. The maximum Gasteiger partial charge on any atom is 0.0739 e. The zero-order valence-electron chi connectivity index (χ0n) is 10.8. The van der Waals surface area contributed by atoms with Gasteiger partial charge in [-0.1, -0.05) is 0 Å². The maximum absolute atomic E-state index is 4.45. The van der Waals surface area contributed by atoms with Gasteiger partial charge in [0.15, 0.2) is 0 Å². The fourth-order valence-electron chi connectivity index (χ4n) is 2.34. The molecular weight excluding hydrogens is 280 g/mol. The second kappa shape index (κ2) is 5.50. The van der Waals surface area contributed by atoms with Crippen molar-refractivity contribution in [1.29, 1.82) is 0 Å². The summed E-state index contributed by atoms with van der Waals surface area (Å²) in [5, 5.41) is 7.90. The van der Waals surface area contributed by atoms with E-state index in [1.54, 1.807) is 0 Å². The van der Waals surface area contributed by atoms with Crippen molar-refractivity contribution in [3.05, 3.63) is 15.9 Å².